The van der Waals surface area contributed by atoms with E-state index in [-0.39, 0.29) is 41.8 Å². The third kappa shape index (κ3) is 8.17. The van der Waals surface area contributed by atoms with Crippen LogP contribution in [0.15, 0.2) is 49.2 Å². The average Bonchev–Trinajstić information content (AvgIpc) is 3.73. The third-order valence-corrected chi connectivity index (χ3v) is 9.50. The standard InChI is InChI=1S/C33H34ClF6N9O3/c1-46-16-22(13-44-46)21-11-41-30(42-12-21)49(15-19-7-23(32(35,36)37)9-24(8-19)33(38,39)40)25-10-26(18-52-2)48(17-25)28-27(34)14-43-31(45-28)47-5-3-20(4-6-47)29(50)51/h7-9,11-14,16,20,25-26H,3-6,10,15,17-18H2,1-2H3,(H,50,51)/t25-,26-/m0/s1. The Balaban J connectivity index is 1.36. The van der Waals surface area contributed by atoms with E-state index < -0.39 is 48.0 Å². The lowest BCUT2D eigenvalue weighted by molar-refractivity contribution is -0.144. The van der Waals surface area contributed by atoms with Crippen LogP contribution in [0.5, 0.6) is 0 Å². The maximum Gasteiger partial charge on any atom is 0.416 e. The Morgan fingerprint density at radius 3 is 2.19 bits per heavy atom. The first-order valence-electron chi connectivity index (χ1n) is 16.2. The quantitative estimate of drug-likeness (QED) is 0.193. The van der Waals surface area contributed by atoms with Gasteiger partial charge in [0, 0.05) is 70.1 Å². The summed E-state index contributed by atoms with van der Waals surface area (Å²) in [6.07, 6.45) is -1.08. The molecule has 2 aliphatic rings. The van der Waals surface area contributed by atoms with Gasteiger partial charge in [-0.2, -0.15) is 36.4 Å². The van der Waals surface area contributed by atoms with Gasteiger partial charge >= 0.3 is 18.3 Å². The van der Waals surface area contributed by atoms with Crippen molar-refractivity contribution in [2.24, 2.45) is 13.0 Å². The summed E-state index contributed by atoms with van der Waals surface area (Å²) in [5, 5.41) is 13.8. The topological polar surface area (TPSA) is 126 Å². The molecule has 5 heterocycles. The number of halogens is 7. The van der Waals surface area contributed by atoms with Crippen LogP contribution in [0.3, 0.4) is 0 Å². The number of carbonyl (C=O) groups is 1. The van der Waals surface area contributed by atoms with Gasteiger partial charge < -0.3 is 24.5 Å². The van der Waals surface area contributed by atoms with Crippen LogP contribution < -0.4 is 14.7 Å². The van der Waals surface area contributed by atoms with Gasteiger partial charge in [-0.05, 0) is 43.0 Å². The Bertz CT molecular complexity index is 1850. The first-order chi connectivity index (χ1) is 24.6. The highest BCUT2D eigenvalue weighted by Gasteiger charge is 2.41. The zero-order chi connectivity index (χ0) is 37.4. The lowest BCUT2D eigenvalue weighted by Gasteiger charge is -2.32. The van der Waals surface area contributed by atoms with Crippen LogP contribution in [-0.2, 0) is 35.5 Å². The summed E-state index contributed by atoms with van der Waals surface area (Å²) in [5.41, 5.74) is -1.78. The minimum Gasteiger partial charge on any atom is -0.481 e. The number of hydrogen-bond donors (Lipinski definition) is 1. The van der Waals surface area contributed by atoms with E-state index in [1.165, 1.54) is 25.7 Å². The van der Waals surface area contributed by atoms with Crippen molar-refractivity contribution in [3.63, 3.8) is 0 Å². The molecule has 0 spiro atoms. The normalized spacial score (nSPS) is 18.6. The third-order valence-electron chi connectivity index (χ3n) is 9.24. The Morgan fingerprint density at radius 2 is 1.63 bits per heavy atom. The van der Waals surface area contributed by atoms with Crippen molar-refractivity contribution in [2.75, 3.05) is 48.1 Å². The lowest BCUT2D eigenvalue weighted by atomic mass is 9.97. The molecule has 2 fully saturated rings. The Hall–Kier alpha value is -4.71. The molecule has 6 rings (SSSR count). The van der Waals surface area contributed by atoms with Crippen molar-refractivity contribution in [3.05, 3.63) is 70.9 Å². The van der Waals surface area contributed by atoms with Gasteiger partial charge in [0.05, 0.1) is 48.1 Å². The largest absolute Gasteiger partial charge is 0.481 e. The number of aliphatic carboxylic acids is 1. The van der Waals surface area contributed by atoms with Gasteiger partial charge in [0.25, 0.3) is 0 Å². The number of rotatable bonds is 10. The van der Waals surface area contributed by atoms with E-state index in [1.807, 2.05) is 9.80 Å². The molecule has 2 atom stereocenters. The molecule has 19 heteroatoms. The molecule has 0 unspecified atom stereocenters. The van der Waals surface area contributed by atoms with E-state index in [4.69, 9.17) is 21.3 Å². The van der Waals surface area contributed by atoms with Gasteiger partial charge in [-0.25, -0.2) is 15.0 Å². The second-order valence-electron chi connectivity index (χ2n) is 12.8. The van der Waals surface area contributed by atoms with E-state index in [1.54, 1.807) is 29.0 Å². The predicted octanol–water partition coefficient (Wildman–Crippen LogP) is 5.96. The predicted molar refractivity (Wildman–Crippen MR) is 178 cm³/mol. The van der Waals surface area contributed by atoms with Gasteiger partial charge in [-0.15, -0.1) is 0 Å². The summed E-state index contributed by atoms with van der Waals surface area (Å²) < 4.78 is 90.2. The number of piperidine rings is 1. The number of nitrogens with zero attached hydrogens (tertiary/aromatic N) is 9. The molecule has 2 saturated heterocycles. The SMILES string of the molecule is COC[C@@H]1C[C@H](N(Cc2cc(C(F)(F)F)cc(C(F)(F)F)c2)c2ncc(-c3cnn(C)c3)cn2)CN1c1nc(N2CCC(C(=O)O)CC2)ncc1Cl. The van der Waals surface area contributed by atoms with Gasteiger partial charge in [-0.3, -0.25) is 9.48 Å². The maximum atomic E-state index is 13.9. The fourth-order valence-electron chi connectivity index (χ4n) is 6.62. The molecule has 0 aliphatic carbocycles. The van der Waals surface area contributed by atoms with Gasteiger partial charge in [0.1, 0.15) is 5.02 Å². The number of anilines is 3. The van der Waals surface area contributed by atoms with Crippen LogP contribution in [0.4, 0.5) is 44.1 Å². The number of benzene rings is 1. The number of ether oxygens (including phenoxy) is 1. The lowest BCUT2D eigenvalue weighted by Crippen LogP contribution is -2.40. The Kier molecular flexibility index (Phi) is 10.5. The molecular formula is C33H34ClF6N9O3. The zero-order valence-electron chi connectivity index (χ0n) is 27.9. The molecule has 0 saturated carbocycles. The highest BCUT2D eigenvalue weighted by molar-refractivity contribution is 6.32. The van der Waals surface area contributed by atoms with Crippen LogP contribution in [-0.4, -0.2) is 86.2 Å². The van der Waals surface area contributed by atoms with E-state index in [0.29, 0.717) is 67.4 Å². The van der Waals surface area contributed by atoms with Crippen LogP contribution in [0.25, 0.3) is 11.1 Å². The van der Waals surface area contributed by atoms with E-state index in [0.717, 1.165) is 0 Å². The van der Waals surface area contributed by atoms with Crippen LogP contribution in [0, 0.1) is 5.92 Å². The van der Waals surface area contributed by atoms with Crippen LogP contribution >= 0.6 is 11.6 Å². The minimum absolute atomic E-state index is 0.0809. The van der Waals surface area contributed by atoms with E-state index in [9.17, 15) is 36.2 Å². The Morgan fingerprint density at radius 1 is 0.981 bits per heavy atom. The van der Waals surface area contributed by atoms with Crippen molar-refractivity contribution in [1.82, 2.24) is 29.7 Å². The summed E-state index contributed by atoms with van der Waals surface area (Å²) in [5.74, 6) is -0.551. The number of hydrogen-bond acceptors (Lipinski definition) is 10. The van der Waals surface area contributed by atoms with Gasteiger partial charge in [0.2, 0.25) is 11.9 Å². The average molecular weight is 754 g/mol. The zero-order valence-corrected chi connectivity index (χ0v) is 28.7. The molecule has 12 nitrogen and oxygen atoms in total. The van der Waals surface area contributed by atoms with Crippen LogP contribution in [0.1, 0.15) is 36.0 Å². The van der Waals surface area contributed by atoms with Crippen molar-refractivity contribution in [1.29, 1.82) is 0 Å². The highest BCUT2D eigenvalue weighted by Crippen LogP contribution is 2.39. The molecule has 0 radical (unpaired) electrons. The summed E-state index contributed by atoms with van der Waals surface area (Å²) in [7, 11) is 3.24. The second-order valence-corrected chi connectivity index (χ2v) is 13.2. The number of aromatic nitrogens is 6. The van der Waals surface area contributed by atoms with Gasteiger partial charge in [-0.1, -0.05) is 11.6 Å². The summed E-state index contributed by atoms with van der Waals surface area (Å²) in [6, 6.07) is 0.559. The summed E-state index contributed by atoms with van der Waals surface area (Å²) >= 11 is 6.66. The smallest absolute Gasteiger partial charge is 0.416 e. The summed E-state index contributed by atoms with van der Waals surface area (Å²) in [4.78, 5) is 35.0. The fraction of sp³-hybridized carbons (Fsp3) is 0.455. The minimum atomic E-state index is -5.03. The van der Waals surface area contributed by atoms with E-state index in [2.05, 4.69) is 20.1 Å². The fourth-order valence-corrected chi connectivity index (χ4v) is 6.82. The number of methoxy groups -OCH3 is 1. The van der Waals surface area contributed by atoms with Gasteiger partial charge in [0.15, 0.2) is 5.82 Å². The molecule has 0 amide bonds. The Labute approximate surface area is 299 Å². The number of aryl methyl sites for hydroxylation is 1. The number of carboxylic acids is 1. The molecule has 2 aliphatic heterocycles. The second kappa shape index (κ2) is 14.7. The van der Waals surface area contributed by atoms with Crippen molar-refractivity contribution in [2.45, 2.75) is 50.2 Å². The van der Waals surface area contributed by atoms with Crippen molar-refractivity contribution >= 4 is 35.3 Å². The monoisotopic (exact) mass is 753 g/mol. The first-order valence-corrected chi connectivity index (χ1v) is 16.6. The van der Waals surface area contributed by atoms with Crippen molar-refractivity contribution in [3.8, 4) is 11.1 Å². The van der Waals surface area contributed by atoms with E-state index >= 15 is 0 Å². The number of alkyl halides is 6. The molecule has 4 aromatic rings. The molecule has 1 aromatic carbocycles. The summed E-state index contributed by atoms with van der Waals surface area (Å²) in [6.45, 7) is 0.799. The molecule has 278 valence electrons. The number of carboxylic acid groups (broad SMARTS) is 1. The molecule has 52 heavy (non-hydrogen) atoms. The molecule has 1 N–H and O–H groups in total. The maximum absolute atomic E-state index is 13.9. The highest BCUT2D eigenvalue weighted by atomic mass is 35.5. The molecular weight excluding hydrogens is 720 g/mol. The molecule has 0 bridgehead atoms. The first kappa shape index (κ1) is 37.1. The molecule has 3 aromatic heterocycles. The van der Waals surface area contributed by atoms with Crippen LogP contribution in [0.2, 0.25) is 5.02 Å². The van der Waals surface area contributed by atoms with Crippen molar-refractivity contribution < 1.29 is 41.0 Å².